The van der Waals surface area contributed by atoms with Gasteiger partial charge in [-0.3, -0.25) is 14.3 Å². The first-order valence-corrected chi connectivity index (χ1v) is 12.7. The molecule has 1 aliphatic carbocycles. The fourth-order valence-electron chi connectivity index (χ4n) is 4.74. The zero-order valence-electron chi connectivity index (χ0n) is 19.3. The van der Waals surface area contributed by atoms with E-state index in [1.165, 1.54) is 23.6 Å². The SMILES string of the molecule is CCOC(=O)c1cc2n(n1)C[C@@](C)(C(=O)NC1CCCCCC1)N(CCc1cccs1)C2=O. The topological polar surface area (TPSA) is 93.5 Å². The van der Waals surface area contributed by atoms with E-state index in [-0.39, 0.29) is 36.7 Å². The lowest BCUT2D eigenvalue weighted by Crippen LogP contribution is -2.65. The van der Waals surface area contributed by atoms with Crippen molar-refractivity contribution in [2.24, 2.45) is 0 Å². The van der Waals surface area contributed by atoms with Crippen LogP contribution in [0.5, 0.6) is 0 Å². The first-order valence-electron chi connectivity index (χ1n) is 11.8. The molecule has 1 N–H and O–H groups in total. The van der Waals surface area contributed by atoms with Gasteiger partial charge in [0, 0.05) is 23.5 Å². The Kier molecular flexibility index (Phi) is 7.17. The largest absolute Gasteiger partial charge is 0.461 e. The molecule has 8 nitrogen and oxygen atoms in total. The quantitative estimate of drug-likeness (QED) is 0.492. The number of aromatic nitrogens is 2. The number of nitrogens with zero attached hydrogens (tertiary/aromatic N) is 3. The van der Waals surface area contributed by atoms with E-state index in [0.717, 1.165) is 30.6 Å². The summed E-state index contributed by atoms with van der Waals surface area (Å²) in [4.78, 5) is 42.2. The predicted molar refractivity (Wildman–Crippen MR) is 125 cm³/mol. The molecule has 1 aliphatic heterocycles. The van der Waals surface area contributed by atoms with Crippen LogP contribution < -0.4 is 5.32 Å². The number of esters is 1. The van der Waals surface area contributed by atoms with Gasteiger partial charge in [0.1, 0.15) is 11.2 Å². The molecule has 3 heterocycles. The first-order chi connectivity index (χ1) is 15.9. The third-order valence-electron chi connectivity index (χ3n) is 6.62. The standard InChI is InChI=1S/C24H32N4O4S/c1-3-32-22(30)19-15-20-21(29)27(13-12-18-11-8-14-33-18)24(2,16-28(20)26-19)23(31)25-17-9-6-4-5-7-10-17/h8,11,14-15,17H,3-7,9-10,12-13,16H2,1-2H3,(H,25,31)/t24-/m0/s1. The van der Waals surface area contributed by atoms with Crippen LogP contribution in [-0.2, 0) is 22.5 Å². The maximum atomic E-state index is 13.6. The van der Waals surface area contributed by atoms with E-state index in [4.69, 9.17) is 4.74 Å². The molecule has 178 valence electrons. The molecular formula is C24H32N4O4S. The van der Waals surface area contributed by atoms with Gasteiger partial charge < -0.3 is 15.0 Å². The van der Waals surface area contributed by atoms with Crippen LogP contribution >= 0.6 is 11.3 Å². The molecule has 1 saturated carbocycles. The molecule has 2 aromatic rings. The lowest BCUT2D eigenvalue weighted by molar-refractivity contribution is -0.133. The Hall–Kier alpha value is -2.68. The predicted octanol–water partition coefficient (Wildman–Crippen LogP) is 3.42. The Morgan fingerprint density at radius 2 is 2.03 bits per heavy atom. The minimum atomic E-state index is -1.11. The van der Waals surface area contributed by atoms with Gasteiger partial charge in [0.15, 0.2) is 5.69 Å². The minimum Gasteiger partial charge on any atom is -0.461 e. The van der Waals surface area contributed by atoms with E-state index in [9.17, 15) is 14.4 Å². The summed E-state index contributed by atoms with van der Waals surface area (Å²) >= 11 is 1.63. The third kappa shape index (κ3) is 4.98. The second-order valence-electron chi connectivity index (χ2n) is 9.01. The molecule has 0 aromatic carbocycles. The second kappa shape index (κ2) is 10.1. The highest BCUT2D eigenvalue weighted by atomic mass is 32.1. The Bertz CT molecular complexity index is 994. The van der Waals surface area contributed by atoms with Crippen molar-refractivity contribution in [1.82, 2.24) is 20.0 Å². The van der Waals surface area contributed by atoms with Crippen LogP contribution in [0, 0.1) is 0 Å². The lowest BCUT2D eigenvalue weighted by Gasteiger charge is -2.43. The van der Waals surface area contributed by atoms with Gasteiger partial charge in [-0.05, 0) is 44.6 Å². The Labute approximate surface area is 198 Å². The van der Waals surface area contributed by atoms with Crippen LogP contribution in [0.25, 0.3) is 0 Å². The van der Waals surface area contributed by atoms with Crippen molar-refractivity contribution in [3.05, 3.63) is 39.8 Å². The van der Waals surface area contributed by atoms with E-state index in [0.29, 0.717) is 18.7 Å². The molecule has 1 fully saturated rings. The van der Waals surface area contributed by atoms with Gasteiger partial charge in [-0.2, -0.15) is 5.10 Å². The Morgan fingerprint density at radius 1 is 1.27 bits per heavy atom. The van der Waals surface area contributed by atoms with Crippen molar-refractivity contribution >= 4 is 29.1 Å². The van der Waals surface area contributed by atoms with Crippen LogP contribution in [0.2, 0.25) is 0 Å². The van der Waals surface area contributed by atoms with E-state index in [1.54, 1.807) is 30.1 Å². The van der Waals surface area contributed by atoms with Gasteiger partial charge in [0.05, 0.1) is 13.2 Å². The minimum absolute atomic E-state index is 0.0897. The Morgan fingerprint density at radius 3 is 2.70 bits per heavy atom. The van der Waals surface area contributed by atoms with Crippen LogP contribution in [0.3, 0.4) is 0 Å². The smallest absolute Gasteiger partial charge is 0.358 e. The average Bonchev–Trinajstić information content (AvgIpc) is 3.39. The van der Waals surface area contributed by atoms with E-state index >= 15 is 0 Å². The number of amides is 2. The molecular weight excluding hydrogens is 440 g/mol. The van der Waals surface area contributed by atoms with Gasteiger partial charge >= 0.3 is 5.97 Å². The van der Waals surface area contributed by atoms with Crippen molar-refractivity contribution in [1.29, 1.82) is 0 Å². The summed E-state index contributed by atoms with van der Waals surface area (Å²) in [7, 11) is 0. The normalized spacial score (nSPS) is 21.4. The zero-order chi connectivity index (χ0) is 23.4. The van der Waals surface area contributed by atoms with Crippen LogP contribution in [0.15, 0.2) is 23.6 Å². The number of thiophene rings is 1. The van der Waals surface area contributed by atoms with Crippen molar-refractivity contribution in [2.75, 3.05) is 13.2 Å². The maximum Gasteiger partial charge on any atom is 0.358 e. The molecule has 33 heavy (non-hydrogen) atoms. The molecule has 4 rings (SSSR count). The Balaban J connectivity index is 1.62. The fraction of sp³-hybridized carbons (Fsp3) is 0.583. The molecule has 2 aliphatic rings. The van der Waals surface area contributed by atoms with E-state index in [1.807, 2.05) is 17.5 Å². The van der Waals surface area contributed by atoms with Crippen molar-refractivity contribution in [2.45, 2.75) is 76.9 Å². The summed E-state index contributed by atoms with van der Waals surface area (Å²) in [6.07, 6.45) is 7.19. The number of hydrogen-bond acceptors (Lipinski definition) is 6. The molecule has 1 atom stereocenters. The second-order valence-corrected chi connectivity index (χ2v) is 10.0. The summed E-state index contributed by atoms with van der Waals surface area (Å²) in [5.74, 6) is -1.02. The number of rotatable bonds is 7. The molecule has 9 heteroatoms. The molecule has 2 amide bonds. The summed E-state index contributed by atoms with van der Waals surface area (Å²) in [6, 6.07) is 5.61. The highest BCUT2D eigenvalue weighted by Gasteiger charge is 2.48. The van der Waals surface area contributed by atoms with Crippen molar-refractivity contribution < 1.29 is 19.1 Å². The van der Waals surface area contributed by atoms with Crippen LogP contribution in [-0.4, -0.2) is 57.2 Å². The summed E-state index contributed by atoms with van der Waals surface area (Å²) in [5, 5.41) is 9.56. The van der Waals surface area contributed by atoms with Gasteiger partial charge in [-0.1, -0.05) is 31.7 Å². The lowest BCUT2D eigenvalue weighted by atomic mass is 9.93. The molecule has 0 bridgehead atoms. The number of fused-ring (bicyclic) bond motifs is 1. The summed E-state index contributed by atoms with van der Waals surface area (Å²) in [6.45, 7) is 4.36. The molecule has 0 unspecified atom stereocenters. The highest BCUT2D eigenvalue weighted by Crippen LogP contribution is 2.29. The van der Waals surface area contributed by atoms with Crippen molar-refractivity contribution in [3.8, 4) is 0 Å². The van der Waals surface area contributed by atoms with Gasteiger partial charge in [0.2, 0.25) is 5.91 Å². The van der Waals surface area contributed by atoms with Gasteiger partial charge in [0.25, 0.3) is 5.91 Å². The third-order valence-corrected chi connectivity index (χ3v) is 7.56. The van der Waals surface area contributed by atoms with Crippen LogP contribution in [0.1, 0.15) is 78.2 Å². The number of nitrogens with one attached hydrogen (secondary N) is 1. The zero-order valence-corrected chi connectivity index (χ0v) is 20.2. The molecule has 2 aromatic heterocycles. The monoisotopic (exact) mass is 472 g/mol. The maximum absolute atomic E-state index is 13.6. The number of carbonyl (C=O) groups excluding carboxylic acids is 3. The number of hydrogen-bond donors (Lipinski definition) is 1. The highest BCUT2D eigenvalue weighted by molar-refractivity contribution is 7.09. The van der Waals surface area contributed by atoms with E-state index < -0.39 is 11.5 Å². The van der Waals surface area contributed by atoms with E-state index in [2.05, 4.69) is 10.4 Å². The van der Waals surface area contributed by atoms with Crippen molar-refractivity contribution in [3.63, 3.8) is 0 Å². The average molecular weight is 473 g/mol. The number of carbonyl (C=O) groups is 3. The molecule has 0 saturated heterocycles. The number of ether oxygens (including phenoxy) is 1. The summed E-state index contributed by atoms with van der Waals surface area (Å²) < 4.78 is 6.55. The van der Waals surface area contributed by atoms with Gasteiger partial charge in [-0.25, -0.2) is 4.79 Å². The molecule has 0 spiro atoms. The first kappa shape index (κ1) is 23.5. The molecule has 0 radical (unpaired) electrons. The van der Waals surface area contributed by atoms with Gasteiger partial charge in [-0.15, -0.1) is 11.3 Å². The summed E-state index contributed by atoms with van der Waals surface area (Å²) in [5.41, 5.74) is -0.707. The fourth-order valence-corrected chi connectivity index (χ4v) is 5.44. The van der Waals surface area contributed by atoms with Crippen LogP contribution in [0.4, 0.5) is 0 Å².